The van der Waals surface area contributed by atoms with Crippen LogP contribution in [0.3, 0.4) is 0 Å². The van der Waals surface area contributed by atoms with Gasteiger partial charge in [0.15, 0.2) is 0 Å². The molecule has 1 saturated heterocycles. The Morgan fingerprint density at radius 2 is 1.71 bits per heavy atom. The molecule has 0 amide bonds. The molecule has 8 heteroatoms. The number of nitrogens with zero attached hydrogens (tertiary/aromatic N) is 4. The Morgan fingerprint density at radius 1 is 1.04 bits per heavy atom. The Hall–Kier alpha value is -2.38. The molecule has 128 valence electrons. The highest BCUT2D eigenvalue weighted by Gasteiger charge is 2.31. The Morgan fingerprint density at radius 3 is 2.25 bits per heavy atom. The van der Waals surface area contributed by atoms with Crippen molar-refractivity contribution < 1.29 is 17.9 Å². The molecule has 0 spiro atoms. The number of anilines is 1. The van der Waals surface area contributed by atoms with Gasteiger partial charge in [-0.15, -0.1) is 0 Å². The largest absolute Gasteiger partial charge is 0.474 e. The van der Waals surface area contributed by atoms with E-state index in [0.29, 0.717) is 5.95 Å². The van der Waals surface area contributed by atoms with Crippen molar-refractivity contribution in [1.82, 2.24) is 15.0 Å². The molecular formula is C16H17F3N4O. The van der Waals surface area contributed by atoms with Crippen molar-refractivity contribution >= 4 is 5.95 Å². The van der Waals surface area contributed by atoms with Crippen LogP contribution in [0.15, 0.2) is 30.7 Å². The number of alkyl halides is 3. The van der Waals surface area contributed by atoms with Gasteiger partial charge in [-0.05, 0) is 18.6 Å². The van der Waals surface area contributed by atoms with Crippen LogP contribution in [0.5, 0.6) is 5.88 Å². The molecule has 1 aliphatic rings. The maximum atomic E-state index is 12.5. The molecule has 24 heavy (non-hydrogen) atoms. The third kappa shape index (κ3) is 3.93. The van der Waals surface area contributed by atoms with Gasteiger partial charge in [0.2, 0.25) is 11.8 Å². The zero-order valence-corrected chi connectivity index (χ0v) is 13.1. The number of aryl methyl sites for hydroxylation is 1. The maximum absolute atomic E-state index is 12.5. The number of hydrogen-bond donors (Lipinski definition) is 0. The van der Waals surface area contributed by atoms with Gasteiger partial charge in [-0.3, -0.25) is 0 Å². The summed E-state index contributed by atoms with van der Waals surface area (Å²) in [4.78, 5) is 14.4. The second kappa shape index (κ2) is 6.62. The lowest BCUT2D eigenvalue weighted by atomic mass is 10.1. The highest BCUT2D eigenvalue weighted by Crippen LogP contribution is 2.29. The monoisotopic (exact) mass is 338 g/mol. The first kappa shape index (κ1) is 16.5. The average molecular weight is 338 g/mol. The van der Waals surface area contributed by atoms with Gasteiger partial charge in [0, 0.05) is 50.6 Å². The second-order valence-electron chi connectivity index (χ2n) is 5.75. The van der Waals surface area contributed by atoms with Crippen molar-refractivity contribution in [2.24, 2.45) is 0 Å². The molecule has 0 N–H and O–H groups in total. The molecule has 1 aliphatic heterocycles. The van der Waals surface area contributed by atoms with Gasteiger partial charge in [-0.25, -0.2) is 15.0 Å². The lowest BCUT2D eigenvalue weighted by molar-refractivity contribution is -0.137. The van der Waals surface area contributed by atoms with Crippen LogP contribution < -0.4 is 9.64 Å². The molecular weight excluding hydrogens is 321 g/mol. The van der Waals surface area contributed by atoms with Gasteiger partial charge < -0.3 is 9.64 Å². The minimum Gasteiger partial charge on any atom is -0.474 e. The number of piperidine rings is 1. The molecule has 0 atom stereocenters. The Labute approximate surface area is 137 Å². The van der Waals surface area contributed by atoms with Crippen molar-refractivity contribution in [3.05, 3.63) is 41.9 Å². The van der Waals surface area contributed by atoms with Crippen LogP contribution in [0.1, 0.15) is 24.0 Å². The van der Waals surface area contributed by atoms with E-state index >= 15 is 0 Å². The fourth-order valence-electron chi connectivity index (χ4n) is 2.51. The third-order valence-corrected chi connectivity index (χ3v) is 3.84. The summed E-state index contributed by atoms with van der Waals surface area (Å²) in [6, 6.07) is 2.25. The standard InChI is InChI=1S/C16H17F3N4O/c1-11-8-21-15(22-9-11)23-6-4-13(5-7-23)24-14-3-2-12(10-20-14)16(17,18)19/h2-3,8-10,13H,4-7H2,1H3. The van der Waals surface area contributed by atoms with E-state index in [2.05, 4.69) is 19.9 Å². The topological polar surface area (TPSA) is 51.1 Å². The van der Waals surface area contributed by atoms with Crippen molar-refractivity contribution in [2.75, 3.05) is 18.0 Å². The molecule has 0 unspecified atom stereocenters. The number of aromatic nitrogens is 3. The average Bonchev–Trinajstić information content (AvgIpc) is 2.56. The molecule has 2 aromatic heterocycles. The van der Waals surface area contributed by atoms with Crippen molar-refractivity contribution in [1.29, 1.82) is 0 Å². The SMILES string of the molecule is Cc1cnc(N2CCC(Oc3ccc(C(F)(F)F)cn3)CC2)nc1. The molecule has 0 aliphatic carbocycles. The molecule has 3 heterocycles. The second-order valence-corrected chi connectivity index (χ2v) is 5.75. The van der Waals surface area contributed by atoms with E-state index in [4.69, 9.17) is 4.74 Å². The lowest BCUT2D eigenvalue weighted by Gasteiger charge is -2.31. The van der Waals surface area contributed by atoms with Crippen LogP contribution in [0.25, 0.3) is 0 Å². The molecule has 0 saturated carbocycles. The van der Waals surface area contributed by atoms with E-state index in [9.17, 15) is 13.2 Å². The van der Waals surface area contributed by atoms with Crippen LogP contribution in [-0.4, -0.2) is 34.1 Å². The number of hydrogen-bond acceptors (Lipinski definition) is 5. The van der Waals surface area contributed by atoms with E-state index in [1.165, 1.54) is 6.07 Å². The highest BCUT2D eigenvalue weighted by atomic mass is 19.4. The van der Waals surface area contributed by atoms with Gasteiger partial charge in [0.25, 0.3) is 0 Å². The van der Waals surface area contributed by atoms with E-state index in [0.717, 1.165) is 43.8 Å². The van der Waals surface area contributed by atoms with Gasteiger partial charge in [0.05, 0.1) is 5.56 Å². The van der Waals surface area contributed by atoms with E-state index < -0.39 is 11.7 Å². The minimum absolute atomic E-state index is 0.0732. The summed E-state index contributed by atoms with van der Waals surface area (Å²) < 4.78 is 43.2. The first-order valence-electron chi connectivity index (χ1n) is 7.65. The number of halogens is 3. The van der Waals surface area contributed by atoms with Crippen LogP contribution in [0, 0.1) is 6.92 Å². The molecule has 3 rings (SSSR count). The van der Waals surface area contributed by atoms with Gasteiger partial charge in [0.1, 0.15) is 6.10 Å². The van der Waals surface area contributed by atoms with Crippen LogP contribution in [-0.2, 0) is 6.18 Å². The van der Waals surface area contributed by atoms with Gasteiger partial charge in [-0.2, -0.15) is 13.2 Å². The molecule has 5 nitrogen and oxygen atoms in total. The summed E-state index contributed by atoms with van der Waals surface area (Å²) in [6.45, 7) is 3.39. The smallest absolute Gasteiger partial charge is 0.417 e. The summed E-state index contributed by atoms with van der Waals surface area (Å²) in [5.74, 6) is 0.903. The highest BCUT2D eigenvalue weighted by molar-refractivity contribution is 5.30. The quantitative estimate of drug-likeness (QED) is 0.860. The zero-order valence-electron chi connectivity index (χ0n) is 13.1. The van der Waals surface area contributed by atoms with Crippen LogP contribution in [0.4, 0.5) is 19.1 Å². The minimum atomic E-state index is -4.38. The predicted molar refractivity (Wildman–Crippen MR) is 81.9 cm³/mol. The Balaban J connectivity index is 1.54. The fraction of sp³-hybridized carbons (Fsp3) is 0.438. The lowest BCUT2D eigenvalue weighted by Crippen LogP contribution is -2.39. The number of rotatable bonds is 3. The maximum Gasteiger partial charge on any atom is 0.417 e. The van der Waals surface area contributed by atoms with Crippen LogP contribution in [0.2, 0.25) is 0 Å². The number of ether oxygens (including phenoxy) is 1. The molecule has 0 radical (unpaired) electrons. The van der Waals surface area contributed by atoms with E-state index in [-0.39, 0.29) is 12.0 Å². The molecule has 1 fully saturated rings. The summed E-state index contributed by atoms with van der Waals surface area (Å²) >= 11 is 0. The summed E-state index contributed by atoms with van der Waals surface area (Å²) in [5, 5.41) is 0. The molecule has 0 bridgehead atoms. The van der Waals surface area contributed by atoms with Crippen LogP contribution >= 0.6 is 0 Å². The summed E-state index contributed by atoms with van der Waals surface area (Å²) in [6.07, 6.45) is 1.36. The number of pyridine rings is 1. The Bertz CT molecular complexity index is 665. The van der Waals surface area contributed by atoms with Crippen molar-refractivity contribution in [3.63, 3.8) is 0 Å². The van der Waals surface area contributed by atoms with E-state index in [1.807, 2.05) is 6.92 Å². The summed E-state index contributed by atoms with van der Waals surface area (Å²) in [5.41, 5.74) is 0.228. The third-order valence-electron chi connectivity index (χ3n) is 3.84. The van der Waals surface area contributed by atoms with Crippen molar-refractivity contribution in [3.8, 4) is 5.88 Å². The Kier molecular flexibility index (Phi) is 4.55. The fourth-order valence-corrected chi connectivity index (χ4v) is 2.51. The summed E-state index contributed by atoms with van der Waals surface area (Å²) in [7, 11) is 0. The first-order valence-corrected chi connectivity index (χ1v) is 7.65. The molecule has 0 aromatic carbocycles. The van der Waals surface area contributed by atoms with Crippen molar-refractivity contribution in [2.45, 2.75) is 32.0 Å². The normalized spacial score (nSPS) is 16.2. The van der Waals surface area contributed by atoms with Gasteiger partial charge >= 0.3 is 6.18 Å². The molecule has 2 aromatic rings. The first-order chi connectivity index (χ1) is 11.4. The van der Waals surface area contributed by atoms with E-state index in [1.54, 1.807) is 12.4 Å². The van der Waals surface area contributed by atoms with Gasteiger partial charge in [-0.1, -0.05) is 0 Å². The zero-order chi connectivity index (χ0) is 17.2. The predicted octanol–water partition coefficient (Wildman–Crippen LogP) is 3.25.